The number of aromatic nitrogens is 1. The quantitative estimate of drug-likeness (QED) is 0.903. The lowest BCUT2D eigenvalue weighted by molar-refractivity contribution is 0.0707. The summed E-state index contributed by atoms with van der Waals surface area (Å²) in [5.41, 5.74) is 6.62. The van der Waals surface area contributed by atoms with Gasteiger partial charge in [-0.05, 0) is 53.6 Å². The van der Waals surface area contributed by atoms with Crippen molar-refractivity contribution in [3.8, 4) is 0 Å². The zero-order valence-electron chi connectivity index (χ0n) is 11.2. The molecule has 19 heavy (non-hydrogen) atoms. The zero-order chi connectivity index (χ0) is 13.6. The summed E-state index contributed by atoms with van der Waals surface area (Å²) in [7, 11) is 1.89. The molecule has 1 heterocycles. The molecule has 4 nitrogen and oxygen atoms in total. The molecular formula is C14H20BrN3O. The Balaban J connectivity index is 1.82. The molecule has 1 aromatic rings. The molecule has 1 atom stereocenters. The molecule has 2 aliphatic rings. The first-order valence-corrected chi connectivity index (χ1v) is 7.75. The number of likely N-dealkylation sites (N-methyl/N-ethyl adjacent to an activating group) is 1. The molecule has 0 aliphatic heterocycles. The van der Waals surface area contributed by atoms with Crippen molar-refractivity contribution in [1.82, 2.24) is 9.47 Å². The smallest absolute Gasteiger partial charge is 0.270 e. The van der Waals surface area contributed by atoms with Crippen LogP contribution >= 0.6 is 15.9 Å². The number of carbonyl (C=O) groups is 1. The Hall–Kier alpha value is -0.810. The molecule has 1 aromatic heterocycles. The number of rotatable bonds is 5. The van der Waals surface area contributed by atoms with Gasteiger partial charge in [0, 0.05) is 36.3 Å². The number of halogens is 1. The molecule has 1 unspecified atom stereocenters. The van der Waals surface area contributed by atoms with Crippen molar-refractivity contribution >= 4 is 21.8 Å². The number of carbonyl (C=O) groups excluding carboxylic acids is 1. The maximum atomic E-state index is 12.7. The maximum absolute atomic E-state index is 12.7. The van der Waals surface area contributed by atoms with Crippen molar-refractivity contribution in [1.29, 1.82) is 0 Å². The lowest BCUT2D eigenvalue weighted by Crippen LogP contribution is -2.43. The third-order valence-corrected chi connectivity index (χ3v) is 4.63. The van der Waals surface area contributed by atoms with Gasteiger partial charge in [-0.3, -0.25) is 4.79 Å². The van der Waals surface area contributed by atoms with Crippen LogP contribution in [-0.4, -0.2) is 35.0 Å². The van der Waals surface area contributed by atoms with Crippen LogP contribution in [0.5, 0.6) is 0 Å². The fraction of sp³-hybridized carbons (Fsp3) is 0.643. The van der Waals surface area contributed by atoms with Gasteiger partial charge in [0.1, 0.15) is 5.69 Å². The number of nitrogens with zero attached hydrogens (tertiary/aromatic N) is 2. The summed E-state index contributed by atoms with van der Waals surface area (Å²) in [6.45, 7) is 0.554. The van der Waals surface area contributed by atoms with E-state index in [1.807, 2.05) is 24.2 Å². The maximum Gasteiger partial charge on any atom is 0.270 e. The summed E-state index contributed by atoms with van der Waals surface area (Å²) in [4.78, 5) is 14.5. The van der Waals surface area contributed by atoms with Gasteiger partial charge < -0.3 is 15.2 Å². The Morgan fingerprint density at radius 3 is 2.74 bits per heavy atom. The highest BCUT2D eigenvalue weighted by molar-refractivity contribution is 9.10. The highest BCUT2D eigenvalue weighted by Gasteiger charge is 2.36. The molecule has 0 bridgehead atoms. The summed E-state index contributed by atoms with van der Waals surface area (Å²) >= 11 is 3.48. The minimum Gasteiger partial charge on any atom is -0.339 e. The summed E-state index contributed by atoms with van der Waals surface area (Å²) in [6, 6.07) is 2.63. The van der Waals surface area contributed by atoms with E-state index in [0.29, 0.717) is 18.5 Å². The molecular weight excluding hydrogens is 306 g/mol. The van der Waals surface area contributed by atoms with E-state index in [0.717, 1.165) is 10.2 Å². The Kier molecular flexibility index (Phi) is 3.43. The van der Waals surface area contributed by atoms with E-state index < -0.39 is 0 Å². The number of amides is 1. The summed E-state index contributed by atoms with van der Waals surface area (Å²) < 4.78 is 3.09. The third-order valence-electron chi connectivity index (χ3n) is 4.20. The fourth-order valence-corrected chi connectivity index (χ4v) is 3.19. The van der Waals surface area contributed by atoms with Crippen molar-refractivity contribution in [2.75, 3.05) is 13.6 Å². The van der Waals surface area contributed by atoms with Crippen molar-refractivity contribution in [3.63, 3.8) is 0 Å². The number of nitrogens with two attached hydrogens (primary N) is 1. The molecule has 3 rings (SSSR count). The molecule has 0 aromatic carbocycles. The van der Waals surface area contributed by atoms with Gasteiger partial charge >= 0.3 is 0 Å². The zero-order valence-corrected chi connectivity index (χ0v) is 12.8. The van der Waals surface area contributed by atoms with Crippen LogP contribution < -0.4 is 5.73 Å². The molecule has 0 saturated heterocycles. The predicted molar refractivity (Wildman–Crippen MR) is 78.1 cm³/mol. The summed E-state index contributed by atoms with van der Waals surface area (Å²) in [6.07, 6.45) is 6.77. The Bertz CT molecular complexity index is 491. The van der Waals surface area contributed by atoms with E-state index in [1.165, 1.54) is 25.7 Å². The Morgan fingerprint density at radius 2 is 2.21 bits per heavy atom. The fourth-order valence-electron chi connectivity index (χ4n) is 2.75. The van der Waals surface area contributed by atoms with Gasteiger partial charge in [0.15, 0.2) is 0 Å². The largest absolute Gasteiger partial charge is 0.339 e. The van der Waals surface area contributed by atoms with Crippen LogP contribution in [0.3, 0.4) is 0 Å². The van der Waals surface area contributed by atoms with Crippen molar-refractivity contribution < 1.29 is 4.79 Å². The molecule has 2 fully saturated rings. The van der Waals surface area contributed by atoms with E-state index in [-0.39, 0.29) is 11.9 Å². The molecule has 1 amide bonds. The van der Waals surface area contributed by atoms with Gasteiger partial charge in [-0.1, -0.05) is 0 Å². The van der Waals surface area contributed by atoms with Crippen molar-refractivity contribution in [3.05, 3.63) is 22.4 Å². The first-order chi connectivity index (χ1) is 9.11. The molecule has 2 saturated carbocycles. The van der Waals surface area contributed by atoms with Gasteiger partial charge in [-0.2, -0.15) is 0 Å². The van der Waals surface area contributed by atoms with Crippen molar-refractivity contribution in [2.45, 2.75) is 37.8 Å². The second-order valence-corrected chi connectivity index (χ2v) is 6.65. The summed E-state index contributed by atoms with van der Waals surface area (Å²) in [5.74, 6) is 0.701. The van der Waals surface area contributed by atoms with E-state index in [4.69, 9.17) is 5.73 Å². The lowest BCUT2D eigenvalue weighted by Gasteiger charge is -2.27. The van der Waals surface area contributed by atoms with Gasteiger partial charge in [0.25, 0.3) is 5.91 Å². The van der Waals surface area contributed by atoms with Crippen LogP contribution in [0, 0.1) is 5.92 Å². The highest BCUT2D eigenvalue weighted by atomic mass is 79.9. The monoisotopic (exact) mass is 325 g/mol. The van der Waals surface area contributed by atoms with Crippen LogP contribution in [0.1, 0.15) is 42.2 Å². The van der Waals surface area contributed by atoms with Gasteiger partial charge in [0.05, 0.1) is 0 Å². The molecule has 5 heteroatoms. The topological polar surface area (TPSA) is 51.3 Å². The van der Waals surface area contributed by atoms with Crippen LogP contribution in [0.2, 0.25) is 0 Å². The van der Waals surface area contributed by atoms with Crippen molar-refractivity contribution in [2.24, 2.45) is 11.7 Å². The van der Waals surface area contributed by atoms with Gasteiger partial charge in [-0.25, -0.2) is 0 Å². The average Bonchev–Trinajstić information content (AvgIpc) is 3.28. The van der Waals surface area contributed by atoms with E-state index in [1.54, 1.807) is 0 Å². The molecule has 0 spiro atoms. The molecule has 104 valence electrons. The SMILES string of the molecule is CN(C(=O)c1cc(Br)cn1C1CC1)C(CN)C1CC1. The molecule has 2 N–H and O–H groups in total. The van der Waals surface area contributed by atoms with Crippen LogP contribution in [0.4, 0.5) is 0 Å². The first-order valence-electron chi connectivity index (χ1n) is 6.96. The van der Waals surface area contributed by atoms with Gasteiger partial charge in [-0.15, -0.1) is 0 Å². The Morgan fingerprint density at radius 1 is 1.53 bits per heavy atom. The molecule has 0 radical (unpaired) electrons. The minimum atomic E-state index is 0.0972. The minimum absolute atomic E-state index is 0.0972. The van der Waals surface area contributed by atoms with Gasteiger partial charge in [0.2, 0.25) is 0 Å². The summed E-state index contributed by atoms with van der Waals surface area (Å²) in [5, 5.41) is 0. The van der Waals surface area contributed by atoms with Crippen LogP contribution in [-0.2, 0) is 0 Å². The van der Waals surface area contributed by atoms with E-state index >= 15 is 0 Å². The number of hydrogen-bond acceptors (Lipinski definition) is 2. The normalized spacial score (nSPS) is 20.4. The average molecular weight is 326 g/mol. The van der Waals surface area contributed by atoms with E-state index in [2.05, 4.69) is 20.5 Å². The first kappa shape index (κ1) is 13.2. The van der Waals surface area contributed by atoms with Crippen LogP contribution in [0.15, 0.2) is 16.7 Å². The lowest BCUT2D eigenvalue weighted by atomic mass is 10.1. The second kappa shape index (κ2) is 4.94. The Labute approximate surface area is 122 Å². The highest BCUT2D eigenvalue weighted by Crippen LogP contribution is 2.39. The second-order valence-electron chi connectivity index (χ2n) is 5.74. The third kappa shape index (κ3) is 2.58. The van der Waals surface area contributed by atoms with E-state index in [9.17, 15) is 4.79 Å². The molecule has 2 aliphatic carbocycles. The standard InChI is InChI=1S/C14H20BrN3O/c1-17(13(7-16)9-2-3-9)14(19)12-6-10(15)8-18(12)11-4-5-11/h6,8-9,11,13H,2-5,7,16H2,1H3. The predicted octanol–water partition coefficient (Wildman–Crippen LogP) is 2.39. The number of hydrogen-bond donors (Lipinski definition) is 1. The van der Waals surface area contributed by atoms with Crippen LogP contribution in [0.25, 0.3) is 0 Å².